The van der Waals surface area contributed by atoms with E-state index >= 15 is 0 Å². The molecule has 6 nitrogen and oxygen atoms in total. The highest BCUT2D eigenvalue weighted by molar-refractivity contribution is 7.92. The van der Waals surface area contributed by atoms with Gasteiger partial charge in [-0.05, 0) is 72.1 Å². The Morgan fingerprint density at radius 2 is 1.53 bits per heavy atom. The first-order chi connectivity index (χ1) is 17.1. The molecule has 0 amide bonds. The van der Waals surface area contributed by atoms with Gasteiger partial charge >= 0.3 is 5.97 Å². The largest absolute Gasteiger partial charge is 0.478 e. The molecule has 4 aromatic carbocycles. The highest BCUT2D eigenvalue weighted by Crippen LogP contribution is 2.36. The molecule has 8 heteroatoms. The minimum atomic E-state index is -3.65. The van der Waals surface area contributed by atoms with Crippen LogP contribution in [0.4, 0.5) is 5.69 Å². The number of para-hydroxylation sites is 1. The Bertz CT molecular complexity index is 1490. The Balaban J connectivity index is 1.62. The minimum Gasteiger partial charge on any atom is -0.478 e. The van der Waals surface area contributed by atoms with E-state index in [4.69, 9.17) is 21.4 Å². The van der Waals surface area contributed by atoms with Crippen molar-refractivity contribution in [1.82, 2.24) is 0 Å². The number of halogens is 1. The molecule has 0 heterocycles. The van der Waals surface area contributed by atoms with Crippen LogP contribution in [0.3, 0.4) is 0 Å². The number of nitrogens with zero attached hydrogens (tertiary/aromatic N) is 1. The molecule has 0 saturated heterocycles. The van der Waals surface area contributed by atoms with Crippen molar-refractivity contribution in [3.05, 3.63) is 113 Å². The maximum Gasteiger partial charge on any atom is 0.335 e. The average Bonchev–Trinajstić information content (AvgIpc) is 2.85. The van der Waals surface area contributed by atoms with Crippen LogP contribution >= 0.6 is 11.6 Å². The number of ether oxygens (including phenoxy) is 1. The van der Waals surface area contributed by atoms with Crippen LogP contribution in [0.25, 0.3) is 11.1 Å². The Morgan fingerprint density at radius 1 is 0.917 bits per heavy atom. The molecule has 36 heavy (non-hydrogen) atoms. The van der Waals surface area contributed by atoms with Crippen LogP contribution in [-0.2, 0) is 16.6 Å². The Kier molecular flexibility index (Phi) is 7.33. The van der Waals surface area contributed by atoms with Crippen molar-refractivity contribution in [2.24, 2.45) is 0 Å². The maximum absolute atomic E-state index is 12.7. The molecule has 1 N–H and O–H groups in total. The van der Waals surface area contributed by atoms with Crippen molar-refractivity contribution in [3.63, 3.8) is 0 Å². The van der Waals surface area contributed by atoms with Gasteiger partial charge in [-0.25, -0.2) is 13.2 Å². The molecular weight excluding hydrogens is 498 g/mol. The number of aromatic carboxylic acids is 1. The molecule has 0 saturated carbocycles. The van der Waals surface area contributed by atoms with Gasteiger partial charge in [-0.1, -0.05) is 54.1 Å². The zero-order valence-electron chi connectivity index (χ0n) is 19.7. The van der Waals surface area contributed by atoms with Crippen LogP contribution < -0.4 is 9.04 Å². The molecule has 0 fully saturated rings. The predicted molar refractivity (Wildman–Crippen MR) is 143 cm³/mol. The van der Waals surface area contributed by atoms with Crippen LogP contribution in [0, 0.1) is 6.92 Å². The molecule has 0 aromatic heterocycles. The van der Waals surface area contributed by atoms with E-state index in [2.05, 4.69) is 0 Å². The summed E-state index contributed by atoms with van der Waals surface area (Å²) >= 11 is 6.64. The first-order valence-corrected chi connectivity index (χ1v) is 13.3. The number of rotatable bonds is 8. The lowest BCUT2D eigenvalue weighted by Gasteiger charge is -2.25. The van der Waals surface area contributed by atoms with Crippen molar-refractivity contribution >= 4 is 33.3 Å². The van der Waals surface area contributed by atoms with Crippen LogP contribution in [-0.4, -0.2) is 25.7 Å². The quantitative estimate of drug-likeness (QED) is 0.276. The van der Waals surface area contributed by atoms with Gasteiger partial charge in [0.2, 0.25) is 10.0 Å². The standard InChI is InChI=1S/C28H24ClNO5S/c1-19-16-25(21-12-14-24(15-13-21)35-23-6-4-3-5-7-23)26(29)17-27(19)30(36(2,33)34)18-20-8-10-22(11-9-20)28(31)32/h3-17H,18H2,1-2H3,(H,31,32). The van der Waals surface area contributed by atoms with Gasteiger partial charge in [0.05, 0.1) is 29.1 Å². The minimum absolute atomic E-state index is 0.0424. The molecule has 0 unspecified atom stereocenters. The normalized spacial score (nSPS) is 11.2. The Labute approximate surface area is 215 Å². The highest BCUT2D eigenvalue weighted by Gasteiger charge is 2.22. The van der Waals surface area contributed by atoms with Gasteiger partial charge in [0, 0.05) is 5.56 Å². The number of carboxylic acid groups (broad SMARTS) is 1. The van der Waals surface area contributed by atoms with E-state index in [1.807, 2.05) is 67.6 Å². The summed E-state index contributed by atoms with van der Waals surface area (Å²) in [6.07, 6.45) is 1.13. The maximum atomic E-state index is 12.7. The van der Waals surface area contributed by atoms with E-state index in [9.17, 15) is 13.2 Å². The number of hydrogen-bond donors (Lipinski definition) is 1. The predicted octanol–water partition coefficient (Wildman–Crippen LogP) is 6.77. The Morgan fingerprint density at radius 3 is 2.11 bits per heavy atom. The van der Waals surface area contributed by atoms with Crippen LogP contribution in [0.5, 0.6) is 11.5 Å². The van der Waals surface area contributed by atoms with Crippen molar-refractivity contribution in [2.75, 3.05) is 10.6 Å². The molecule has 0 atom stereocenters. The molecule has 184 valence electrons. The smallest absolute Gasteiger partial charge is 0.335 e. The lowest BCUT2D eigenvalue weighted by atomic mass is 10.0. The van der Waals surface area contributed by atoms with E-state index in [1.165, 1.54) is 16.4 Å². The van der Waals surface area contributed by atoms with Crippen LogP contribution in [0.2, 0.25) is 5.02 Å². The second-order valence-electron chi connectivity index (χ2n) is 8.33. The number of aryl methyl sites for hydroxylation is 1. The third-order valence-corrected chi connectivity index (χ3v) is 7.07. The summed E-state index contributed by atoms with van der Waals surface area (Å²) in [5.74, 6) is 0.382. The topological polar surface area (TPSA) is 83.9 Å². The SMILES string of the molecule is Cc1cc(-c2ccc(Oc3ccccc3)cc2)c(Cl)cc1N(Cc1ccc(C(=O)O)cc1)S(C)(=O)=O. The number of anilines is 1. The van der Waals surface area contributed by atoms with E-state index in [0.29, 0.717) is 22.0 Å². The third kappa shape index (κ3) is 5.87. The number of sulfonamides is 1. The second kappa shape index (κ2) is 10.4. The zero-order valence-corrected chi connectivity index (χ0v) is 21.3. The number of hydrogen-bond acceptors (Lipinski definition) is 4. The summed E-state index contributed by atoms with van der Waals surface area (Å²) in [7, 11) is -3.65. The second-order valence-corrected chi connectivity index (χ2v) is 10.6. The molecule has 0 bridgehead atoms. The Hall–Kier alpha value is -3.81. The lowest BCUT2D eigenvalue weighted by molar-refractivity contribution is 0.0697. The van der Waals surface area contributed by atoms with Gasteiger partial charge in [-0.3, -0.25) is 4.31 Å². The number of carboxylic acids is 1. The van der Waals surface area contributed by atoms with Gasteiger partial charge in [-0.15, -0.1) is 0 Å². The first kappa shape index (κ1) is 25.3. The number of benzene rings is 4. The van der Waals surface area contributed by atoms with Gasteiger partial charge in [0.15, 0.2) is 0 Å². The monoisotopic (exact) mass is 521 g/mol. The van der Waals surface area contributed by atoms with Gasteiger partial charge in [0.1, 0.15) is 11.5 Å². The molecule has 0 aliphatic carbocycles. The summed E-state index contributed by atoms with van der Waals surface area (Å²) in [5.41, 5.74) is 3.60. The molecule has 0 spiro atoms. The summed E-state index contributed by atoms with van der Waals surface area (Å²) in [4.78, 5) is 11.1. The average molecular weight is 522 g/mol. The third-order valence-electron chi connectivity index (χ3n) is 5.63. The molecule has 4 rings (SSSR count). The molecular formula is C28H24ClNO5S. The number of carbonyl (C=O) groups is 1. The van der Waals surface area contributed by atoms with Gasteiger partial charge in [-0.2, -0.15) is 0 Å². The van der Waals surface area contributed by atoms with E-state index in [1.54, 1.807) is 18.2 Å². The lowest BCUT2D eigenvalue weighted by Crippen LogP contribution is -2.30. The van der Waals surface area contributed by atoms with E-state index in [-0.39, 0.29) is 12.1 Å². The zero-order chi connectivity index (χ0) is 25.9. The summed E-state index contributed by atoms with van der Waals surface area (Å²) in [6.45, 7) is 1.87. The molecule has 0 aliphatic rings. The fourth-order valence-electron chi connectivity index (χ4n) is 3.79. The molecule has 4 aromatic rings. The molecule has 0 radical (unpaired) electrons. The van der Waals surface area contributed by atoms with E-state index in [0.717, 1.165) is 28.7 Å². The fourth-order valence-corrected chi connectivity index (χ4v) is 4.99. The summed E-state index contributed by atoms with van der Waals surface area (Å²) in [6, 6.07) is 26.6. The van der Waals surface area contributed by atoms with E-state index < -0.39 is 16.0 Å². The van der Waals surface area contributed by atoms with Crippen molar-refractivity contribution in [1.29, 1.82) is 0 Å². The first-order valence-electron chi connectivity index (χ1n) is 11.1. The summed E-state index contributed by atoms with van der Waals surface area (Å²) in [5, 5.41) is 9.51. The van der Waals surface area contributed by atoms with Gasteiger partial charge in [0.25, 0.3) is 0 Å². The van der Waals surface area contributed by atoms with Crippen LogP contribution in [0.15, 0.2) is 91.0 Å². The van der Waals surface area contributed by atoms with Crippen molar-refractivity contribution in [2.45, 2.75) is 13.5 Å². The van der Waals surface area contributed by atoms with Gasteiger partial charge < -0.3 is 9.84 Å². The van der Waals surface area contributed by atoms with Crippen molar-refractivity contribution < 1.29 is 23.1 Å². The van der Waals surface area contributed by atoms with Crippen molar-refractivity contribution in [3.8, 4) is 22.6 Å². The summed E-state index contributed by atoms with van der Waals surface area (Å²) < 4.78 is 32.5. The van der Waals surface area contributed by atoms with Crippen LogP contribution in [0.1, 0.15) is 21.5 Å². The highest BCUT2D eigenvalue weighted by atomic mass is 35.5. The molecule has 0 aliphatic heterocycles. The fraction of sp³-hybridized carbons (Fsp3) is 0.107.